The number of aliphatic hydroxyl groups excluding tert-OH is 1. The van der Waals surface area contributed by atoms with Gasteiger partial charge in [0.15, 0.2) is 0 Å². The minimum Gasteiger partial charge on any atom is -0.506 e. The topological polar surface area (TPSA) is 89.9 Å². The van der Waals surface area contributed by atoms with Gasteiger partial charge in [-0.2, -0.15) is 0 Å². The van der Waals surface area contributed by atoms with Crippen LogP contribution < -0.4 is 5.32 Å². The summed E-state index contributed by atoms with van der Waals surface area (Å²) in [4.78, 5) is 24.2. The minimum atomic E-state index is -0.806. The number of hydrogen-bond acceptors (Lipinski definition) is 5. The zero-order valence-electron chi connectivity index (χ0n) is 10.1. The standard InChI is InChI=1S/C12H10ClFN2O4/c13-6-3-8(10(18)4-7(6)14)15-9-5-11(19)16(1-2-17)12(9)20/h3-5,15,17-18H,1-2H2. The molecule has 0 saturated heterocycles. The largest absolute Gasteiger partial charge is 0.506 e. The number of carbonyl (C=O) groups is 2. The number of anilines is 1. The maximum atomic E-state index is 13.1. The molecule has 1 aliphatic heterocycles. The van der Waals surface area contributed by atoms with Crippen LogP contribution in [0.1, 0.15) is 0 Å². The van der Waals surface area contributed by atoms with Gasteiger partial charge in [-0.1, -0.05) is 11.6 Å². The van der Waals surface area contributed by atoms with E-state index in [1.165, 1.54) is 0 Å². The van der Waals surface area contributed by atoms with Gasteiger partial charge in [0, 0.05) is 12.1 Å². The molecule has 0 bridgehead atoms. The van der Waals surface area contributed by atoms with E-state index in [9.17, 15) is 19.1 Å². The van der Waals surface area contributed by atoms with Crippen LogP contribution in [0.5, 0.6) is 5.75 Å². The number of nitrogens with zero attached hydrogens (tertiary/aromatic N) is 1. The molecule has 0 spiro atoms. The molecule has 106 valence electrons. The SMILES string of the molecule is O=C1C=C(Nc2cc(Cl)c(F)cc2O)C(=O)N1CCO. The summed E-state index contributed by atoms with van der Waals surface area (Å²) in [5, 5.41) is 20.6. The molecule has 2 amide bonds. The fourth-order valence-corrected chi connectivity index (χ4v) is 1.86. The number of carbonyl (C=O) groups excluding carboxylic acids is 2. The zero-order chi connectivity index (χ0) is 14.9. The first-order valence-electron chi connectivity index (χ1n) is 5.57. The highest BCUT2D eigenvalue weighted by molar-refractivity contribution is 6.31. The van der Waals surface area contributed by atoms with Crippen molar-refractivity contribution in [3.05, 3.63) is 34.7 Å². The second-order valence-corrected chi connectivity index (χ2v) is 4.39. The van der Waals surface area contributed by atoms with Gasteiger partial charge in [-0.05, 0) is 6.07 Å². The smallest absolute Gasteiger partial charge is 0.277 e. The molecule has 0 aliphatic carbocycles. The maximum Gasteiger partial charge on any atom is 0.277 e. The van der Waals surface area contributed by atoms with Crippen LogP contribution in [0.15, 0.2) is 23.9 Å². The Bertz CT molecular complexity index is 618. The van der Waals surface area contributed by atoms with Crippen LogP contribution in [-0.2, 0) is 9.59 Å². The van der Waals surface area contributed by atoms with E-state index in [0.717, 1.165) is 23.1 Å². The molecule has 1 heterocycles. The summed E-state index contributed by atoms with van der Waals surface area (Å²) in [5.74, 6) is -2.49. The lowest BCUT2D eigenvalue weighted by Gasteiger charge is -2.14. The van der Waals surface area contributed by atoms with Crippen molar-refractivity contribution in [1.82, 2.24) is 4.90 Å². The number of benzene rings is 1. The highest BCUT2D eigenvalue weighted by atomic mass is 35.5. The van der Waals surface area contributed by atoms with Gasteiger partial charge in [0.1, 0.15) is 17.3 Å². The maximum absolute atomic E-state index is 13.1. The third-order valence-electron chi connectivity index (χ3n) is 2.64. The number of phenols is 1. The monoisotopic (exact) mass is 300 g/mol. The number of halogens is 2. The van der Waals surface area contributed by atoms with Gasteiger partial charge in [-0.15, -0.1) is 0 Å². The Morgan fingerprint density at radius 3 is 2.70 bits per heavy atom. The van der Waals surface area contributed by atoms with Crippen LogP contribution in [0.3, 0.4) is 0 Å². The minimum absolute atomic E-state index is 0.00496. The van der Waals surface area contributed by atoms with E-state index in [1.807, 2.05) is 0 Å². The molecule has 3 N–H and O–H groups in total. The van der Waals surface area contributed by atoms with Crippen molar-refractivity contribution in [1.29, 1.82) is 0 Å². The van der Waals surface area contributed by atoms with Crippen molar-refractivity contribution >= 4 is 29.1 Å². The molecule has 1 aromatic rings. The van der Waals surface area contributed by atoms with Gasteiger partial charge < -0.3 is 15.5 Å². The molecule has 2 rings (SSSR count). The second-order valence-electron chi connectivity index (χ2n) is 3.99. The molecule has 0 saturated carbocycles. The van der Waals surface area contributed by atoms with Crippen LogP contribution in [0.2, 0.25) is 5.02 Å². The Hall–Kier alpha value is -2.12. The number of phenolic OH excluding ortho intramolecular Hbond substituents is 1. The van der Waals surface area contributed by atoms with Gasteiger partial charge >= 0.3 is 0 Å². The van der Waals surface area contributed by atoms with Crippen molar-refractivity contribution < 1.29 is 24.2 Å². The molecule has 0 aromatic heterocycles. The molecule has 8 heteroatoms. The predicted molar refractivity (Wildman–Crippen MR) is 68.6 cm³/mol. The van der Waals surface area contributed by atoms with Gasteiger partial charge in [0.25, 0.3) is 11.8 Å². The summed E-state index contributed by atoms with van der Waals surface area (Å²) >= 11 is 5.57. The van der Waals surface area contributed by atoms with Crippen molar-refractivity contribution in [2.24, 2.45) is 0 Å². The number of nitrogens with one attached hydrogen (secondary N) is 1. The van der Waals surface area contributed by atoms with E-state index in [1.54, 1.807) is 0 Å². The van der Waals surface area contributed by atoms with Crippen LogP contribution in [0.25, 0.3) is 0 Å². The lowest BCUT2D eigenvalue weighted by molar-refractivity contribution is -0.137. The van der Waals surface area contributed by atoms with E-state index < -0.39 is 23.4 Å². The molecule has 0 fully saturated rings. The molecular formula is C12H10ClFN2O4. The molecule has 20 heavy (non-hydrogen) atoms. The summed E-state index contributed by atoms with van der Waals surface area (Å²) in [6, 6.07) is 1.89. The zero-order valence-corrected chi connectivity index (χ0v) is 10.8. The Labute approximate surface area is 118 Å². The molecule has 6 nitrogen and oxygen atoms in total. The van der Waals surface area contributed by atoms with Crippen LogP contribution in [-0.4, -0.2) is 40.1 Å². The molecule has 0 atom stereocenters. The van der Waals surface area contributed by atoms with Crippen molar-refractivity contribution in [3.63, 3.8) is 0 Å². The van der Waals surface area contributed by atoms with E-state index in [-0.39, 0.29) is 29.6 Å². The van der Waals surface area contributed by atoms with E-state index in [2.05, 4.69) is 5.32 Å². The Morgan fingerprint density at radius 2 is 2.05 bits per heavy atom. The fourth-order valence-electron chi connectivity index (χ4n) is 1.69. The normalized spacial score (nSPS) is 14.8. The number of hydrogen-bond donors (Lipinski definition) is 3. The molecular weight excluding hydrogens is 291 g/mol. The third kappa shape index (κ3) is 2.59. The first-order chi connectivity index (χ1) is 9.43. The number of aromatic hydroxyl groups is 1. The fraction of sp³-hybridized carbons (Fsp3) is 0.167. The molecule has 1 aliphatic rings. The summed E-state index contributed by atoms with van der Waals surface area (Å²) in [6.45, 7) is -0.484. The number of imide groups is 1. The number of rotatable bonds is 4. The average molecular weight is 301 g/mol. The van der Waals surface area contributed by atoms with Crippen LogP contribution in [0, 0.1) is 5.82 Å². The first kappa shape index (κ1) is 14.3. The summed E-state index contributed by atoms with van der Waals surface area (Å²) in [5.41, 5.74) is -0.101. The van der Waals surface area contributed by atoms with E-state index in [4.69, 9.17) is 16.7 Å². The first-order valence-corrected chi connectivity index (χ1v) is 5.95. The highest BCUT2D eigenvalue weighted by Crippen LogP contribution is 2.31. The van der Waals surface area contributed by atoms with Crippen molar-refractivity contribution in [2.75, 3.05) is 18.5 Å². The summed E-state index contributed by atoms with van der Waals surface area (Å²) in [6.07, 6.45) is 1.02. The van der Waals surface area contributed by atoms with Gasteiger partial charge in [-0.3, -0.25) is 14.5 Å². The number of β-amino-alcohol motifs (C(OH)–C–C–N with tert-alkyl or cyclic N) is 1. The predicted octanol–water partition coefficient (Wildman–Crippen LogP) is 0.842. The van der Waals surface area contributed by atoms with Crippen LogP contribution >= 0.6 is 11.6 Å². The lowest BCUT2D eigenvalue weighted by Crippen LogP contribution is -2.34. The summed E-state index contributed by atoms with van der Waals surface area (Å²) in [7, 11) is 0. The highest BCUT2D eigenvalue weighted by Gasteiger charge is 2.31. The second kappa shape index (κ2) is 5.48. The van der Waals surface area contributed by atoms with Gasteiger partial charge in [0.05, 0.1) is 23.9 Å². The lowest BCUT2D eigenvalue weighted by atomic mass is 10.2. The molecule has 1 aromatic carbocycles. The van der Waals surface area contributed by atoms with Crippen LogP contribution in [0.4, 0.5) is 10.1 Å². The molecule has 0 unspecified atom stereocenters. The quantitative estimate of drug-likeness (QED) is 0.566. The van der Waals surface area contributed by atoms with Crippen molar-refractivity contribution in [2.45, 2.75) is 0 Å². The number of aliphatic hydroxyl groups is 1. The van der Waals surface area contributed by atoms with E-state index in [0.29, 0.717) is 0 Å². The van der Waals surface area contributed by atoms with Gasteiger partial charge in [0.2, 0.25) is 0 Å². The molecule has 0 radical (unpaired) electrons. The average Bonchev–Trinajstić information content (AvgIpc) is 2.64. The van der Waals surface area contributed by atoms with Crippen molar-refractivity contribution in [3.8, 4) is 5.75 Å². The van der Waals surface area contributed by atoms with E-state index >= 15 is 0 Å². The third-order valence-corrected chi connectivity index (χ3v) is 2.93. The Morgan fingerprint density at radius 1 is 1.35 bits per heavy atom. The Balaban J connectivity index is 2.23. The summed E-state index contributed by atoms with van der Waals surface area (Å²) < 4.78 is 13.1. The Kier molecular flexibility index (Phi) is 3.91. The number of amides is 2. The van der Waals surface area contributed by atoms with Gasteiger partial charge in [-0.25, -0.2) is 4.39 Å².